The Morgan fingerprint density at radius 1 is 0.780 bits per heavy atom. The third-order valence-corrected chi connectivity index (χ3v) is 8.88. The number of amides is 2. The molecule has 8 heteroatoms. The lowest BCUT2D eigenvalue weighted by molar-refractivity contribution is -0.439. The molecule has 8 nitrogen and oxygen atoms in total. The maximum atomic E-state index is 14.0. The van der Waals surface area contributed by atoms with E-state index in [1.165, 1.54) is 13.8 Å². The fourth-order valence-corrected chi connectivity index (χ4v) is 6.22. The fourth-order valence-electron chi connectivity index (χ4n) is 6.22. The smallest absolute Gasteiger partial charge is 0.221 e. The van der Waals surface area contributed by atoms with Gasteiger partial charge in [-0.2, -0.15) is 4.58 Å². The van der Waals surface area contributed by atoms with Crippen molar-refractivity contribution in [1.82, 2.24) is 5.32 Å². The summed E-state index contributed by atoms with van der Waals surface area (Å²) in [6.45, 7) is 12.8. The zero-order chi connectivity index (χ0) is 35.9. The molecular weight excluding hydrogens is 624 g/mol. The van der Waals surface area contributed by atoms with E-state index < -0.39 is 0 Å². The van der Waals surface area contributed by atoms with Crippen LogP contribution in [0.2, 0.25) is 0 Å². The quantitative estimate of drug-likeness (QED) is 0.132. The van der Waals surface area contributed by atoms with Gasteiger partial charge in [-0.3, -0.25) is 14.4 Å². The fraction of sp³-hybridized carbons (Fsp3) is 0.286. The summed E-state index contributed by atoms with van der Waals surface area (Å²) in [6.07, 6.45) is 9.49. The summed E-state index contributed by atoms with van der Waals surface area (Å²) in [6, 6.07) is 22.1. The highest BCUT2D eigenvalue weighted by Crippen LogP contribution is 2.44. The number of unbranched alkanes of at least 4 members (excludes halogenated alkanes) is 2. The second kappa shape index (κ2) is 15.8. The van der Waals surface area contributed by atoms with Crippen molar-refractivity contribution in [3.8, 4) is 0 Å². The molecule has 0 saturated heterocycles. The van der Waals surface area contributed by atoms with Crippen molar-refractivity contribution in [2.24, 2.45) is 0 Å². The molecule has 0 saturated carbocycles. The SMILES string of the molecule is CCCCN(c1ccc(C)cc1)c1ccc(C2=C(O)/C(=C3\C=CC(=[N+](CCCC)c4ccc(C)cc4)C=C3NC(C)=O)C2=O)c(NC(C)=O)c1. The third kappa shape index (κ3) is 7.86. The first-order chi connectivity index (χ1) is 24.0. The summed E-state index contributed by atoms with van der Waals surface area (Å²) in [5, 5.41) is 17.3. The Kier molecular flexibility index (Phi) is 11.3. The molecule has 0 unspecified atom stereocenters. The van der Waals surface area contributed by atoms with Crippen LogP contribution in [0, 0.1) is 13.8 Å². The van der Waals surface area contributed by atoms with E-state index in [0.717, 1.165) is 72.7 Å². The minimum absolute atomic E-state index is 0.118. The van der Waals surface area contributed by atoms with Crippen LogP contribution in [0.15, 0.2) is 108 Å². The molecule has 0 atom stereocenters. The second-order valence-corrected chi connectivity index (χ2v) is 12.9. The molecule has 3 aromatic rings. The van der Waals surface area contributed by atoms with Gasteiger partial charge in [-0.15, -0.1) is 0 Å². The van der Waals surface area contributed by atoms with Gasteiger partial charge in [-0.25, -0.2) is 0 Å². The highest BCUT2D eigenvalue weighted by atomic mass is 16.3. The number of carbonyl (C=O) groups excluding carboxylic acids is 3. The number of hydrogen-bond donors (Lipinski definition) is 3. The van der Waals surface area contributed by atoms with Crippen LogP contribution in [0.25, 0.3) is 5.57 Å². The van der Waals surface area contributed by atoms with Gasteiger partial charge >= 0.3 is 0 Å². The summed E-state index contributed by atoms with van der Waals surface area (Å²) >= 11 is 0. The van der Waals surface area contributed by atoms with Gasteiger partial charge in [-0.1, -0.05) is 62.1 Å². The average molecular weight is 672 g/mol. The normalized spacial score (nSPS) is 16.5. The Labute approximate surface area is 295 Å². The number of nitrogens with one attached hydrogen (secondary N) is 2. The number of aliphatic hydroxyl groups excluding tert-OH is 1. The number of ketones is 1. The summed E-state index contributed by atoms with van der Waals surface area (Å²) in [5.74, 6) is -1.14. The molecule has 50 heavy (non-hydrogen) atoms. The number of rotatable bonds is 12. The van der Waals surface area contributed by atoms with Crippen molar-refractivity contribution in [2.45, 2.75) is 67.2 Å². The monoisotopic (exact) mass is 671 g/mol. The van der Waals surface area contributed by atoms with Gasteiger partial charge in [0.05, 0.1) is 22.5 Å². The third-order valence-electron chi connectivity index (χ3n) is 8.88. The van der Waals surface area contributed by atoms with E-state index in [1.807, 2.05) is 38.1 Å². The molecule has 2 aliphatic carbocycles. The second-order valence-electron chi connectivity index (χ2n) is 12.9. The number of anilines is 3. The summed E-state index contributed by atoms with van der Waals surface area (Å²) < 4.78 is 2.19. The molecule has 0 aliphatic heterocycles. The number of aliphatic hydroxyl groups is 1. The molecule has 0 spiro atoms. The van der Waals surface area contributed by atoms with E-state index in [9.17, 15) is 19.5 Å². The molecular formula is C42H47N4O4+. The first-order valence-electron chi connectivity index (χ1n) is 17.4. The Bertz CT molecular complexity index is 1960. The van der Waals surface area contributed by atoms with Gasteiger partial charge in [0, 0.05) is 73.6 Å². The lowest BCUT2D eigenvalue weighted by atomic mass is 9.78. The number of aryl methyl sites for hydroxylation is 2. The summed E-state index contributed by atoms with van der Waals surface area (Å²) in [5.41, 5.74) is 8.03. The number of allylic oxidation sites excluding steroid dienone is 5. The molecule has 0 bridgehead atoms. The van der Waals surface area contributed by atoms with Gasteiger partial charge in [0.2, 0.25) is 29.0 Å². The first-order valence-corrected chi connectivity index (χ1v) is 17.4. The molecule has 0 radical (unpaired) electrons. The van der Waals surface area contributed by atoms with Crippen molar-refractivity contribution < 1.29 is 24.1 Å². The van der Waals surface area contributed by atoms with E-state index in [1.54, 1.807) is 12.1 Å². The van der Waals surface area contributed by atoms with Crippen molar-refractivity contribution in [2.75, 3.05) is 23.3 Å². The topological polar surface area (TPSA) is 102 Å². The van der Waals surface area contributed by atoms with Gasteiger partial charge < -0.3 is 20.6 Å². The van der Waals surface area contributed by atoms with Crippen LogP contribution in [0.3, 0.4) is 0 Å². The predicted molar refractivity (Wildman–Crippen MR) is 202 cm³/mol. The summed E-state index contributed by atoms with van der Waals surface area (Å²) in [7, 11) is 0. The highest BCUT2D eigenvalue weighted by Gasteiger charge is 2.39. The predicted octanol–water partition coefficient (Wildman–Crippen LogP) is 8.52. The minimum Gasteiger partial charge on any atom is -0.506 e. The van der Waals surface area contributed by atoms with E-state index in [0.29, 0.717) is 22.5 Å². The maximum absolute atomic E-state index is 14.0. The molecule has 0 aromatic heterocycles. The lowest BCUT2D eigenvalue weighted by Crippen LogP contribution is -2.30. The Hall–Kier alpha value is -5.50. The maximum Gasteiger partial charge on any atom is 0.221 e. The first kappa shape index (κ1) is 35.8. The van der Waals surface area contributed by atoms with Gasteiger partial charge in [0.25, 0.3) is 0 Å². The van der Waals surface area contributed by atoms with Crippen molar-refractivity contribution >= 4 is 51.6 Å². The molecule has 3 N–H and O–H groups in total. The van der Waals surface area contributed by atoms with Crippen molar-refractivity contribution in [3.63, 3.8) is 0 Å². The van der Waals surface area contributed by atoms with E-state index in [4.69, 9.17) is 0 Å². The molecule has 2 amide bonds. The molecule has 0 fully saturated rings. The number of benzene rings is 3. The van der Waals surface area contributed by atoms with E-state index in [2.05, 4.69) is 82.5 Å². The van der Waals surface area contributed by atoms with Crippen LogP contribution < -0.4 is 15.5 Å². The Morgan fingerprint density at radius 3 is 2.00 bits per heavy atom. The van der Waals surface area contributed by atoms with Gasteiger partial charge in [0.1, 0.15) is 12.3 Å². The van der Waals surface area contributed by atoms with Crippen LogP contribution >= 0.6 is 0 Å². The van der Waals surface area contributed by atoms with Crippen molar-refractivity contribution in [3.05, 3.63) is 124 Å². The number of carbonyl (C=O) groups is 3. The standard InChI is InChI=1S/C42H46N4O4/c1-7-9-23-45(31-15-11-27(3)12-16-31)33-19-21-35(37(25-33)43-29(5)47)39-41(49)40(42(39)50)36-22-20-34(26-38(36)44-30(6)48)46(24-10-8-2)32-17-13-28(4)14-18-32/h11-22,25-26H,7-10,23-24H2,1-6H3,(H2,43,44,47,48,49,50)/p+1. The minimum atomic E-state index is -0.371. The number of hydrogen-bond acceptors (Lipinski definition) is 5. The van der Waals surface area contributed by atoms with E-state index in [-0.39, 0.29) is 34.5 Å². The average Bonchev–Trinajstić information content (AvgIpc) is 3.08. The molecule has 0 heterocycles. The van der Waals surface area contributed by atoms with E-state index >= 15 is 0 Å². The van der Waals surface area contributed by atoms with Gasteiger partial charge in [-0.05, 0) is 56.7 Å². The molecule has 3 aromatic carbocycles. The van der Waals surface area contributed by atoms with Crippen LogP contribution in [0.1, 0.15) is 70.1 Å². The number of Topliss-reactive ketones (excluding diaryl/α,β-unsaturated/α-hetero) is 1. The van der Waals surface area contributed by atoms with Gasteiger partial charge in [0.15, 0.2) is 0 Å². The molecule has 258 valence electrons. The summed E-state index contributed by atoms with van der Waals surface area (Å²) in [4.78, 5) is 40.9. The lowest BCUT2D eigenvalue weighted by Gasteiger charge is -2.29. The largest absolute Gasteiger partial charge is 0.506 e. The zero-order valence-electron chi connectivity index (χ0n) is 29.9. The highest BCUT2D eigenvalue weighted by molar-refractivity contribution is 6.40. The molecule has 2 aliphatic rings. The number of nitrogens with zero attached hydrogens (tertiary/aromatic N) is 2. The Balaban J connectivity index is 1.59. The van der Waals surface area contributed by atoms with Crippen LogP contribution in [0.5, 0.6) is 0 Å². The van der Waals surface area contributed by atoms with Crippen LogP contribution in [0.4, 0.5) is 22.7 Å². The van der Waals surface area contributed by atoms with Crippen LogP contribution in [-0.2, 0) is 14.4 Å². The zero-order valence-corrected chi connectivity index (χ0v) is 29.9. The molecule has 5 rings (SSSR count). The van der Waals surface area contributed by atoms with Crippen molar-refractivity contribution in [1.29, 1.82) is 0 Å². The van der Waals surface area contributed by atoms with Crippen LogP contribution in [-0.4, -0.2) is 46.1 Å². The Morgan fingerprint density at radius 2 is 1.40 bits per heavy atom.